The van der Waals surface area contributed by atoms with Crippen molar-refractivity contribution in [3.05, 3.63) is 107 Å². The van der Waals surface area contributed by atoms with Gasteiger partial charge in [0.25, 0.3) is 0 Å². The van der Waals surface area contributed by atoms with E-state index in [1.165, 1.54) is 47.7 Å². The first-order valence-corrected chi connectivity index (χ1v) is 13.7. The van der Waals surface area contributed by atoms with Gasteiger partial charge in [0.1, 0.15) is 0 Å². The van der Waals surface area contributed by atoms with Crippen molar-refractivity contribution in [3.8, 4) is 0 Å². The Balaban J connectivity index is 1.39. The van der Waals surface area contributed by atoms with Crippen molar-refractivity contribution in [1.29, 1.82) is 0 Å². The largest absolute Gasteiger partial charge is 0.394 e. The Morgan fingerprint density at radius 1 is 0.892 bits per heavy atom. The van der Waals surface area contributed by atoms with Gasteiger partial charge in [0.05, 0.1) is 18.6 Å². The molecule has 1 aliphatic rings. The van der Waals surface area contributed by atoms with E-state index in [1.807, 2.05) is 30.3 Å². The topological polar surface area (TPSA) is 54.3 Å². The monoisotopic (exact) mass is 494 g/mol. The smallest absolute Gasteiger partial charge is 0.228 e. The molecule has 0 radical (unpaired) electrons. The highest BCUT2D eigenvalue weighted by Gasteiger charge is 2.31. The number of aliphatic hydroxyl groups excluding tert-OH is 1. The highest BCUT2D eigenvalue weighted by Crippen LogP contribution is 2.36. The fourth-order valence-corrected chi connectivity index (χ4v) is 6.05. The van der Waals surface area contributed by atoms with Crippen LogP contribution in [0.25, 0.3) is 10.9 Å². The van der Waals surface area contributed by atoms with Crippen LogP contribution in [0.15, 0.2) is 85.1 Å². The fraction of sp³-hybridized carbons (Fsp3) is 0.364. The average Bonchev–Trinajstić information content (AvgIpc) is 3.08. The lowest BCUT2D eigenvalue weighted by atomic mass is 9.80. The zero-order valence-corrected chi connectivity index (χ0v) is 21.8. The summed E-state index contributed by atoms with van der Waals surface area (Å²) in [5, 5.41) is 14.5. The molecular weight excluding hydrogens is 456 g/mol. The summed E-state index contributed by atoms with van der Waals surface area (Å²) in [5.41, 5.74) is 5.76. The molecular formula is C33H38N2O2. The highest BCUT2D eigenvalue weighted by molar-refractivity contribution is 5.85. The SMILES string of the molecule is Cc1cn(Cc2ccc(C(C(=O)N[C@H](CO)c3ccccc3)C3CCCCCC3)cc2)c2ccccc12. The van der Waals surface area contributed by atoms with Crippen LogP contribution < -0.4 is 5.32 Å². The Labute approximate surface area is 220 Å². The van der Waals surface area contributed by atoms with E-state index in [1.54, 1.807) is 0 Å². The minimum Gasteiger partial charge on any atom is -0.394 e. The zero-order chi connectivity index (χ0) is 25.6. The lowest BCUT2D eigenvalue weighted by Crippen LogP contribution is -2.37. The van der Waals surface area contributed by atoms with E-state index in [4.69, 9.17) is 0 Å². The van der Waals surface area contributed by atoms with Crippen molar-refractivity contribution in [1.82, 2.24) is 9.88 Å². The Morgan fingerprint density at radius 3 is 2.27 bits per heavy atom. The minimum atomic E-state index is -0.397. The third kappa shape index (κ3) is 5.80. The lowest BCUT2D eigenvalue weighted by molar-refractivity contribution is -0.125. The molecule has 37 heavy (non-hydrogen) atoms. The third-order valence-electron chi connectivity index (χ3n) is 8.03. The molecule has 0 aliphatic heterocycles. The molecule has 2 N–H and O–H groups in total. The van der Waals surface area contributed by atoms with Crippen molar-refractivity contribution in [2.45, 2.75) is 64.0 Å². The number of nitrogens with one attached hydrogen (secondary N) is 1. The Morgan fingerprint density at radius 2 is 1.57 bits per heavy atom. The molecule has 0 bridgehead atoms. The quantitative estimate of drug-likeness (QED) is 0.262. The Hall–Kier alpha value is -3.37. The number of aromatic nitrogens is 1. The molecule has 3 aromatic carbocycles. The van der Waals surface area contributed by atoms with Gasteiger partial charge < -0.3 is 15.0 Å². The van der Waals surface area contributed by atoms with Crippen LogP contribution in [-0.4, -0.2) is 22.2 Å². The molecule has 1 fully saturated rings. The molecule has 192 valence electrons. The Bertz CT molecular complexity index is 1300. The van der Waals surface area contributed by atoms with Crippen LogP contribution in [0.3, 0.4) is 0 Å². The molecule has 4 heteroatoms. The molecule has 1 aliphatic carbocycles. The summed E-state index contributed by atoms with van der Waals surface area (Å²) in [6, 6.07) is 26.6. The van der Waals surface area contributed by atoms with Crippen LogP contribution in [0.4, 0.5) is 0 Å². The number of para-hydroxylation sites is 1. The summed E-state index contributed by atoms with van der Waals surface area (Å²) in [7, 11) is 0. The molecule has 1 aromatic heterocycles. The molecule has 1 saturated carbocycles. The second-order valence-electron chi connectivity index (χ2n) is 10.6. The summed E-state index contributed by atoms with van der Waals surface area (Å²) in [6.45, 7) is 2.85. The van der Waals surface area contributed by atoms with Crippen LogP contribution in [0.1, 0.15) is 72.7 Å². The number of hydrogen-bond donors (Lipinski definition) is 2. The summed E-state index contributed by atoms with van der Waals surface area (Å²) in [6.07, 6.45) is 9.21. The van der Waals surface area contributed by atoms with E-state index in [2.05, 4.69) is 71.5 Å². The van der Waals surface area contributed by atoms with E-state index >= 15 is 0 Å². The van der Waals surface area contributed by atoms with Crippen LogP contribution in [0.2, 0.25) is 0 Å². The highest BCUT2D eigenvalue weighted by atomic mass is 16.3. The summed E-state index contributed by atoms with van der Waals surface area (Å²) in [4.78, 5) is 13.8. The molecule has 1 unspecified atom stereocenters. The number of hydrogen-bond acceptors (Lipinski definition) is 2. The van der Waals surface area contributed by atoms with Gasteiger partial charge in [-0.1, -0.05) is 98.5 Å². The van der Waals surface area contributed by atoms with Crippen LogP contribution in [0.5, 0.6) is 0 Å². The van der Waals surface area contributed by atoms with E-state index in [9.17, 15) is 9.90 Å². The van der Waals surface area contributed by atoms with E-state index in [-0.39, 0.29) is 18.4 Å². The summed E-state index contributed by atoms with van der Waals surface area (Å²) < 4.78 is 2.31. The number of carbonyl (C=O) groups excluding carboxylic acids is 1. The molecule has 4 nitrogen and oxygen atoms in total. The number of aliphatic hydroxyl groups is 1. The van der Waals surface area contributed by atoms with Crippen LogP contribution in [0, 0.1) is 12.8 Å². The van der Waals surface area contributed by atoms with Gasteiger partial charge in [0, 0.05) is 23.6 Å². The van der Waals surface area contributed by atoms with Crippen molar-refractivity contribution in [2.75, 3.05) is 6.61 Å². The minimum absolute atomic E-state index is 0.0228. The molecule has 1 heterocycles. The van der Waals surface area contributed by atoms with Gasteiger partial charge in [-0.3, -0.25) is 4.79 Å². The van der Waals surface area contributed by atoms with Crippen molar-refractivity contribution < 1.29 is 9.90 Å². The maximum atomic E-state index is 13.8. The van der Waals surface area contributed by atoms with Crippen molar-refractivity contribution in [2.24, 2.45) is 5.92 Å². The van der Waals surface area contributed by atoms with E-state index < -0.39 is 6.04 Å². The van der Waals surface area contributed by atoms with Gasteiger partial charge in [-0.15, -0.1) is 0 Å². The van der Waals surface area contributed by atoms with E-state index in [0.29, 0.717) is 5.92 Å². The molecule has 0 saturated heterocycles. The lowest BCUT2D eigenvalue weighted by Gasteiger charge is -2.28. The average molecular weight is 495 g/mol. The fourth-order valence-electron chi connectivity index (χ4n) is 6.05. The molecule has 2 atom stereocenters. The number of amides is 1. The molecule has 4 aromatic rings. The van der Waals surface area contributed by atoms with Gasteiger partial charge in [-0.25, -0.2) is 0 Å². The standard InChI is InChI=1S/C33H38N2O2/c1-24-21-35(31-16-10-9-15-29(24)31)22-25-17-19-28(20-18-25)32(27-13-5-2-3-6-14-27)33(37)34-30(23-36)26-11-7-4-8-12-26/h4,7-12,15-21,27,30,32,36H,2-3,5-6,13-14,22-23H2,1H3,(H,34,37)/t30-,32?/m1/s1. The summed E-state index contributed by atoms with van der Waals surface area (Å²) in [5.74, 6) is 0.133. The zero-order valence-electron chi connectivity index (χ0n) is 21.8. The van der Waals surface area contributed by atoms with Crippen molar-refractivity contribution >= 4 is 16.8 Å². The first kappa shape index (κ1) is 25.3. The van der Waals surface area contributed by atoms with Gasteiger partial charge in [0.15, 0.2) is 0 Å². The van der Waals surface area contributed by atoms with Gasteiger partial charge in [0.2, 0.25) is 5.91 Å². The summed E-state index contributed by atoms with van der Waals surface area (Å²) >= 11 is 0. The van der Waals surface area contributed by atoms with Crippen molar-refractivity contribution in [3.63, 3.8) is 0 Å². The normalized spacial score (nSPS) is 16.3. The number of aryl methyl sites for hydroxylation is 1. The Kier molecular flexibility index (Phi) is 8.05. The number of rotatable bonds is 8. The molecule has 1 amide bonds. The maximum absolute atomic E-state index is 13.8. The number of nitrogens with zero attached hydrogens (tertiary/aromatic N) is 1. The molecule has 5 rings (SSSR count). The van der Waals surface area contributed by atoms with Crippen LogP contribution in [-0.2, 0) is 11.3 Å². The van der Waals surface area contributed by atoms with Gasteiger partial charge in [-0.2, -0.15) is 0 Å². The third-order valence-corrected chi connectivity index (χ3v) is 8.03. The first-order valence-electron chi connectivity index (χ1n) is 13.7. The second-order valence-corrected chi connectivity index (χ2v) is 10.6. The number of fused-ring (bicyclic) bond motifs is 1. The predicted molar refractivity (Wildman–Crippen MR) is 151 cm³/mol. The first-order chi connectivity index (χ1) is 18.1. The van der Waals surface area contributed by atoms with Crippen LogP contribution >= 0.6 is 0 Å². The van der Waals surface area contributed by atoms with Gasteiger partial charge >= 0.3 is 0 Å². The maximum Gasteiger partial charge on any atom is 0.228 e. The second kappa shape index (κ2) is 11.8. The predicted octanol–water partition coefficient (Wildman–Crippen LogP) is 6.90. The number of carbonyl (C=O) groups is 1. The van der Waals surface area contributed by atoms with Gasteiger partial charge in [-0.05, 0) is 54.0 Å². The molecule has 0 spiro atoms. The number of benzene rings is 3. The van der Waals surface area contributed by atoms with E-state index in [0.717, 1.165) is 30.5 Å².